The number of sulfone groups is 1. The van der Waals surface area contributed by atoms with Crippen LogP contribution in [0.15, 0.2) is 0 Å². The van der Waals surface area contributed by atoms with E-state index in [0.717, 1.165) is 0 Å². The summed E-state index contributed by atoms with van der Waals surface area (Å²) in [6.45, 7) is 0. The standard InChI is InChI=1S/C7H11BrNO2S3/c1-9(2)6-12-5-3-14(10,11)4-7(5,8)13-6/h5H,3-4H2,1-2H3/q+1/t5-,7+/m1/s1. The Morgan fingerprint density at radius 2 is 2.21 bits per heavy atom. The molecule has 0 saturated carbocycles. The summed E-state index contributed by atoms with van der Waals surface area (Å²) in [6.07, 6.45) is 0. The Hall–Kier alpha value is 0.800. The minimum Gasteiger partial charge on any atom is -0.229 e. The van der Waals surface area contributed by atoms with Crippen LogP contribution in [0.3, 0.4) is 0 Å². The van der Waals surface area contributed by atoms with Crippen molar-refractivity contribution in [3.63, 3.8) is 0 Å². The molecule has 80 valence electrons. The predicted octanol–water partition coefficient (Wildman–Crippen LogP) is 0.983. The molecule has 0 aliphatic carbocycles. The second kappa shape index (κ2) is 3.40. The minimum absolute atomic E-state index is 0.162. The third-order valence-electron chi connectivity index (χ3n) is 2.17. The average molecular weight is 317 g/mol. The third kappa shape index (κ3) is 1.88. The van der Waals surface area contributed by atoms with Crippen molar-refractivity contribution in [3.8, 4) is 0 Å². The molecule has 0 amide bonds. The van der Waals surface area contributed by atoms with Gasteiger partial charge in [-0.1, -0.05) is 15.9 Å². The Balaban J connectivity index is 2.31. The fraction of sp³-hybridized carbons (Fsp3) is 0.857. The number of thioether (sulfide) groups is 2. The number of halogens is 1. The Morgan fingerprint density at radius 3 is 2.71 bits per heavy atom. The molecule has 2 fully saturated rings. The van der Waals surface area contributed by atoms with Crippen molar-refractivity contribution >= 4 is 53.7 Å². The van der Waals surface area contributed by atoms with Crippen LogP contribution >= 0.6 is 39.5 Å². The minimum atomic E-state index is -2.83. The summed E-state index contributed by atoms with van der Waals surface area (Å²) in [7, 11) is 1.14. The van der Waals surface area contributed by atoms with Gasteiger partial charge in [0.15, 0.2) is 9.84 Å². The van der Waals surface area contributed by atoms with Crippen molar-refractivity contribution in [2.24, 2.45) is 0 Å². The van der Waals surface area contributed by atoms with Crippen molar-refractivity contribution < 1.29 is 13.0 Å². The monoisotopic (exact) mass is 316 g/mol. The molecule has 0 spiro atoms. The van der Waals surface area contributed by atoms with E-state index in [-0.39, 0.29) is 14.7 Å². The maximum Gasteiger partial charge on any atom is 0.271 e. The maximum atomic E-state index is 11.4. The van der Waals surface area contributed by atoms with Gasteiger partial charge >= 0.3 is 0 Å². The Kier molecular flexibility index (Phi) is 2.74. The average Bonchev–Trinajstić information content (AvgIpc) is 2.34. The first kappa shape index (κ1) is 11.3. The van der Waals surface area contributed by atoms with Gasteiger partial charge in [0.25, 0.3) is 4.38 Å². The molecular weight excluding hydrogens is 306 g/mol. The third-order valence-corrected chi connectivity index (χ3v) is 9.71. The van der Waals surface area contributed by atoms with Crippen molar-refractivity contribution in [2.75, 3.05) is 25.6 Å². The van der Waals surface area contributed by atoms with Crippen LogP contribution in [0.25, 0.3) is 0 Å². The SMILES string of the molecule is C[N+](C)=C1S[C@@H]2CS(=O)(=O)C[C@]2(Br)S1. The van der Waals surface area contributed by atoms with E-state index in [0.29, 0.717) is 5.75 Å². The molecule has 2 atom stereocenters. The highest BCUT2D eigenvalue weighted by Crippen LogP contribution is 2.56. The highest BCUT2D eigenvalue weighted by Gasteiger charge is 2.57. The van der Waals surface area contributed by atoms with E-state index in [1.807, 2.05) is 18.7 Å². The summed E-state index contributed by atoms with van der Waals surface area (Å²) < 4.78 is 25.9. The van der Waals surface area contributed by atoms with E-state index >= 15 is 0 Å². The number of alkyl halides is 1. The molecule has 2 aliphatic rings. The molecule has 14 heavy (non-hydrogen) atoms. The van der Waals surface area contributed by atoms with Gasteiger partial charge in [-0.05, 0) is 23.5 Å². The van der Waals surface area contributed by atoms with Gasteiger partial charge in [0, 0.05) is 0 Å². The number of hydrogen-bond acceptors (Lipinski definition) is 4. The lowest BCUT2D eigenvalue weighted by Gasteiger charge is -2.13. The zero-order valence-corrected chi connectivity index (χ0v) is 11.9. The van der Waals surface area contributed by atoms with Gasteiger partial charge in [0.1, 0.15) is 17.8 Å². The highest BCUT2D eigenvalue weighted by atomic mass is 79.9. The van der Waals surface area contributed by atoms with Crippen LogP contribution in [-0.4, -0.2) is 51.9 Å². The fourth-order valence-electron chi connectivity index (χ4n) is 1.51. The molecule has 0 bridgehead atoms. The van der Waals surface area contributed by atoms with Crippen LogP contribution in [0, 0.1) is 0 Å². The Labute approximate surface area is 101 Å². The Bertz CT molecular complexity index is 401. The van der Waals surface area contributed by atoms with E-state index in [2.05, 4.69) is 15.9 Å². The van der Waals surface area contributed by atoms with Gasteiger partial charge in [0.05, 0.1) is 16.8 Å². The zero-order chi connectivity index (χ0) is 10.6. The lowest BCUT2D eigenvalue weighted by Crippen LogP contribution is -2.23. The number of fused-ring (bicyclic) bond motifs is 1. The van der Waals surface area contributed by atoms with E-state index in [4.69, 9.17) is 0 Å². The van der Waals surface area contributed by atoms with E-state index < -0.39 is 9.84 Å². The summed E-state index contributed by atoms with van der Waals surface area (Å²) in [5.74, 6) is 0.549. The summed E-state index contributed by atoms with van der Waals surface area (Å²) >= 11 is 6.88. The molecule has 0 radical (unpaired) electrons. The molecule has 0 aromatic rings. The molecule has 2 heterocycles. The van der Waals surface area contributed by atoms with Crippen LogP contribution in [0.1, 0.15) is 0 Å². The molecular formula is C7H11BrNO2S3+. The van der Waals surface area contributed by atoms with Gasteiger partial charge in [-0.3, -0.25) is 0 Å². The van der Waals surface area contributed by atoms with Crippen LogP contribution in [0.2, 0.25) is 0 Å². The van der Waals surface area contributed by atoms with Gasteiger partial charge in [-0.25, -0.2) is 13.0 Å². The summed E-state index contributed by atoms with van der Waals surface area (Å²) in [6, 6.07) is 0. The first-order valence-electron chi connectivity index (χ1n) is 4.12. The lowest BCUT2D eigenvalue weighted by molar-refractivity contribution is -0.458. The van der Waals surface area contributed by atoms with Crippen molar-refractivity contribution in [1.29, 1.82) is 0 Å². The number of nitrogens with zero attached hydrogens (tertiary/aromatic N) is 1. The molecule has 0 aromatic heterocycles. The van der Waals surface area contributed by atoms with E-state index in [9.17, 15) is 8.42 Å². The quantitative estimate of drug-likeness (QED) is 0.493. The summed E-state index contributed by atoms with van der Waals surface area (Å²) in [5.41, 5.74) is 0. The van der Waals surface area contributed by atoms with Crippen molar-refractivity contribution in [1.82, 2.24) is 0 Å². The molecule has 7 heteroatoms. The smallest absolute Gasteiger partial charge is 0.229 e. The van der Waals surface area contributed by atoms with Crippen LogP contribution in [0.4, 0.5) is 0 Å². The van der Waals surface area contributed by atoms with Gasteiger partial charge in [-0.2, -0.15) is 0 Å². The van der Waals surface area contributed by atoms with E-state index in [1.165, 1.54) is 4.38 Å². The number of rotatable bonds is 0. The first-order chi connectivity index (χ1) is 6.32. The lowest BCUT2D eigenvalue weighted by atomic mass is 10.4. The summed E-state index contributed by atoms with van der Waals surface area (Å²) in [5, 5.41) is 0.162. The highest BCUT2D eigenvalue weighted by molar-refractivity contribution is 9.12. The molecule has 2 rings (SSSR count). The van der Waals surface area contributed by atoms with Crippen LogP contribution in [-0.2, 0) is 9.84 Å². The number of hydrogen-bond donors (Lipinski definition) is 0. The summed E-state index contributed by atoms with van der Waals surface area (Å²) in [4.78, 5) is 0. The largest absolute Gasteiger partial charge is 0.271 e. The Morgan fingerprint density at radius 1 is 1.57 bits per heavy atom. The van der Waals surface area contributed by atoms with Gasteiger partial charge in [0.2, 0.25) is 0 Å². The van der Waals surface area contributed by atoms with Gasteiger partial charge in [-0.15, -0.1) is 0 Å². The molecule has 2 saturated heterocycles. The second-order valence-electron chi connectivity index (χ2n) is 3.71. The second-order valence-corrected chi connectivity index (χ2v) is 10.5. The topological polar surface area (TPSA) is 37.1 Å². The maximum absolute atomic E-state index is 11.4. The van der Waals surface area contributed by atoms with Crippen molar-refractivity contribution in [2.45, 2.75) is 8.91 Å². The normalized spacial score (nSPS) is 39.9. The van der Waals surface area contributed by atoms with E-state index in [1.54, 1.807) is 23.5 Å². The van der Waals surface area contributed by atoms with Crippen LogP contribution < -0.4 is 0 Å². The van der Waals surface area contributed by atoms with Crippen LogP contribution in [0.5, 0.6) is 0 Å². The zero-order valence-electron chi connectivity index (χ0n) is 7.86. The molecule has 2 aliphatic heterocycles. The predicted molar refractivity (Wildman–Crippen MR) is 66.4 cm³/mol. The van der Waals surface area contributed by atoms with Crippen molar-refractivity contribution in [3.05, 3.63) is 0 Å². The fourth-order valence-corrected chi connectivity index (χ4v) is 10.2. The molecule has 0 aromatic carbocycles. The molecule has 0 unspecified atom stereocenters. The van der Waals surface area contributed by atoms with Gasteiger partial charge < -0.3 is 0 Å². The molecule has 0 N–H and O–H groups in total. The molecule has 3 nitrogen and oxygen atoms in total. The first-order valence-corrected chi connectivity index (χ1v) is 8.43.